The number of aromatic nitrogens is 2. The highest BCUT2D eigenvalue weighted by molar-refractivity contribution is 5.76. The first-order chi connectivity index (χ1) is 10.1. The summed E-state index contributed by atoms with van der Waals surface area (Å²) in [5, 5.41) is 0. The Kier molecular flexibility index (Phi) is 5.76. The van der Waals surface area contributed by atoms with E-state index in [0.29, 0.717) is 19.5 Å². The van der Waals surface area contributed by atoms with Gasteiger partial charge in [-0.2, -0.15) is 0 Å². The lowest BCUT2D eigenvalue weighted by Crippen LogP contribution is -2.44. The van der Waals surface area contributed by atoms with Crippen LogP contribution in [0, 0.1) is 0 Å². The van der Waals surface area contributed by atoms with Crippen molar-refractivity contribution in [2.45, 2.75) is 38.3 Å². The zero-order valence-electron chi connectivity index (χ0n) is 13.2. The number of carbonyl (C=O) groups excluding carboxylic acids is 1. The number of nitrogens with zero attached hydrogens (tertiary/aromatic N) is 4. The first-order valence-electron chi connectivity index (χ1n) is 7.76. The van der Waals surface area contributed by atoms with Crippen molar-refractivity contribution in [3.05, 3.63) is 18.2 Å². The highest BCUT2D eigenvalue weighted by Crippen LogP contribution is 2.13. The molecule has 6 heteroatoms. The molecule has 1 atom stereocenters. The molecule has 1 aromatic heterocycles. The molecule has 1 aliphatic rings. The van der Waals surface area contributed by atoms with E-state index in [1.165, 1.54) is 6.42 Å². The number of likely N-dealkylation sites (N-methyl/N-ethyl adjacent to an activating group) is 1. The molecule has 0 saturated carbocycles. The number of likely N-dealkylation sites (tertiary alicyclic amines) is 1. The minimum atomic E-state index is 0.0659. The molecule has 6 nitrogen and oxygen atoms in total. The summed E-state index contributed by atoms with van der Waals surface area (Å²) in [6.45, 7) is 3.00. The molecule has 1 aliphatic heterocycles. The zero-order valence-corrected chi connectivity index (χ0v) is 13.2. The lowest BCUT2D eigenvalue weighted by molar-refractivity contribution is -0.133. The highest BCUT2D eigenvalue weighted by Gasteiger charge is 2.23. The average Bonchev–Trinajstić information content (AvgIpc) is 2.90. The van der Waals surface area contributed by atoms with Gasteiger partial charge < -0.3 is 15.2 Å². The summed E-state index contributed by atoms with van der Waals surface area (Å²) >= 11 is 0. The third-order valence-electron chi connectivity index (χ3n) is 4.33. The lowest BCUT2D eigenvalue weighted by atomic mass is 10.1. The van der Waals surface area contributed by atoms with Crippen LogP contribution < -0.4 is 5.73 Å². The van der Waals surface area contributed by atoms with Gasteiger partial charge in [0.25, 0.3) is 0 Å². The summed E-state index contributed by atoms with van der Waals surface area (Å²) in [5.74, 6) is 1.22. The van der Waals surface area contributed by atoms with Crippen molar-refractivity contribution in [1.82, 2.24) is 19.4 Å². The number of rotatable bonds is 6. The molecular formula is C15H27N5O. The van der Waals surface area contributed by atoms with Crippen molar-refractivity contribution >= 4 is 5.91 Å². The quantitative estimate of drug-likeness (QED) is 0.833. The van der Waals surface area contributed by atoms with Gasteiger partial charge in [0.15, 0.2) is 0 Å². The van der Waals surface area contributed by atoms with Crippen LogP contribution in [-0.4, -0.2) is 58.0 Å². The predicted molar refractivity (Wildman–Crippen MR) is 82.6 cm³/mol. The Morgan fingerprint density at radius 2 is 2.14 bits per heavy atom. The van der Waals surface area contributed by atoms with Gasteiger partial charge in [0.2, 0.25) is 5.91 Å². The van der Waals surface area contributed by atoms with E-state index in [2.05, 4.69) is 9.88 Å². The van der Waals surface area contributed by atoms with Gasteiger partial charge in [-0.1, -0.05) is 0 Å². The fourth-order valence-electron chi connectivity index (χ4n) is 2.79. The second-order valence-corrected chi connectivity index (χ2v) is 5.90. The van der Waals surface area contributed by atoms with Crippen LogP contribution in [0.1, 0.15) is 31.5 Å². The number of piperidine rings is 1. The SMILES string of the molecule is CN(Cc1nccn1C)C(CN)CC(=O)N1CCCCC1. The summed E-state index contributed by atoms with van der Waals surface area (Å²) in [5.41, 5.74) is 5.88. The van der Waals surface area contributed by atoms with Crippen LogP contribution in [0.2, 0.25) is 0 Å². The van der Waals surface area contributed by atoms with Gasteiger partial charge in [-0.3, -0.25) is 9.69 Å². The summed E-state index contributed by atoms with van der Waals surface area (Å²) in [4.78, 5) is 20.8. The van der Waals surface area contributed by atoms with E-state index in [9.17, 15) is 4.79 Å². The first kappa shape index (κ1) is 16.0. The monoisotopic (exact) mass is 293 g/mol. The minimum absolute atomic E-state index is 0.0659. The third-order valence-corrected chi connectivity index (χ3v) is 4.33. The number of hydrogen-bond donors (Lipinski definition) is 1. The van der Waals surface area contributed by atoms with Gasteiger partial charge in [-0.05, 0) is 26.3 Å². The number of imidazole rings is 1. The van der Waals surface area contributed by atoms with Crippen molar-refractivity contribution in [2.75, 3.05) is 26.7 Å². The normalized spacial score (nSPS) is 17.2. The van der Waals surface area contributed by atoms with Gasteiger partial charge in [-0.15, -0.1) is 0 Å². The molecule has 0 bridgehead atoms. The van der Waals surface area contributed by atoms with Crippen molar-refractivity contribution in [3.8, 4) is 0 Å². The molecule has 1 unspecified atom stereocenters. The molecule has 1 aromatic rings. The number of amides is 1. The Morgan fingerprint density at radius 3 is 2.71 bits per heavy atom. The molecule has 2 N–H and O–H groups in total. The average molecular weight is 293 g/mol. The minimum Gasteiger partial charge on any atom is -0.343 e. The Bertz CT molecular complexity index is 453. The van der Waals surface area contributed by atoms with Gasteiger partial charge >= 0.3 is 0 Å². The molecule has 21 heavy (non-hydrogen) atoms. The highest BCUT2D eigenvalue weighted by atomic mass is 16.2. The molecule has 118 valence electrons. The van der Waals surface area contributed by atoms with Crippen molar-refractivity contribution in [1.29, 1.82) is 0 Å². The Labute approximate surface area is 126 Å². The van der Waals surface area contributed by atoms with Crippen molar-refractivity contribution in [2.24, 2.45) is 12.8 Å². The second kappa shape index (κ2) is 7.56. The number of aryl methyl sites for hydroxylation is 1. The summed E-state index contributed by atoms with van der Waals surface area (Å²) < 4.78 is 2.00. The summed E-state index contributed by atoms with van der Waals surface area (Å²) in [7, 11) is 3.99. The smallest absolute Gasteiger partial charge is 0.224 e. The fourth-order valence-corrected chi connectivity index (χ4v) is 2.79. The van der Waals surface area contributed by atoms with Crippen LogP contribution in [0.5, 0.6) is 0 Å². The molecule has 2 heterocycles. The molecular weight excluding hydrogens is 266 g/mol. The van der Waals surface area contributed by atoms with Gasteiger partial charge in [0.1, 0.15) is 5.82 Å². The van der Waals surface area contributed by atoms with Crippen LogP contribution in [0.4, 0.5) is 0 Å². The maximum Gasteiger partial charge on any atom is 0.224 e. The molecule has 1 amide bonds. The maximum atomic E-state index is 12.4. The van der Waals surface area contributed by atoms with E-state index in [0.717, 1.165) is 31.8 Å². The van der Waals surface area contributed by atoms with E-state index in [1.54, 1.807) is 6.20 Å². The topological polar surface area (TPSA) is 67.4 Å². The number of nitrogens with two attached hydrogens (primary N) is 1. The van der Waals surface area contributed by atoms with E-state index >= 15 is 0 Å². The van der Waals surface area contributed by atoms with Crippen molar-refractivity contribution in [3.63, 3.8) is 0 Å². The van der Waals surface area contributed by atoms with E-state index in [1.807, 2.05) is 29.8 Å². The summed E-state index contributed by atoms with van der Waals surface area (Å²) in [6.07, 6.45) is 7.71. The van der Waals surface area contributed by atoms with Gasteiger partial charge in [-0.25, -0.2) is 4.98 Å². The van der Waals surface area contributed by atoms with E-state index < -0.39 is 0 Å². The van der Waals surface area contributed by atoms with E-state index in [4.69, 9.17) is 5.73 Å². The number of carbonyl (C=O) groups is 1. The molecule has 0 aromatic carbocycles. The Balaban J connectivity index is 1.89. The van der Waals surface area contributed by atoms with Crippen LogP contribution >= 0.6 is 0 Å². The molecule has 1 fully saturated rings. The van der Waals surface area contributed by atoms with E-state index in [-0.39, 0.29) is 11.9 Å². The van der Waals surface area contributed by atoms with Crippen LogP contribution in [0.3, 0.4) is 0 Å². The predicted octanol–water partition coefficient (Wildman–Crippen LogP) is 0.582. The maximum absolute atomic E-state index is 12.4. The zero-order chi connectivity index (χ0) is 15.2. The van der Waals surface area contributed by atoms with Gasteiger partial charge in [0, 0.05) is 51.5 Å². The third kappa shape index (κ3) is 4.28. The molecule has 0 radical (unpaired) electrons. The second-order valence-electron chi connectivity index (χ2n) is 5.90. The Morgan fingerprint density at radius 1 is 1.43 bits per heavy atom. The largest absolute Gasteiger partial charge is 0.343 e. The number of hydrogen-bond acceptors (Lipinski definition) is 4. The standard InChI is InChI=1S/C15H27N5O/c1-18-9-6-17-14(18)12-19(2)13(11-16)10-15(21)20-7-4-3-5-8-20/h6,9,13H,3-5,7-8,10-12,16H2,1-2H3. The molecule has 0 spiro atoms. The van der Waals surface area contributed by atoms with Crippen LogP contribution in [-0.2, 0) is 18.4 Å². The molecule has 0 aliphatic carbocycles. The van der Waals surface area contributed by atoms with Crippen LogP contribution in [0.15, 0.2) is 12.4 Å². The van der Waals surface area contributed by atoms with Crippen LogP contribution in [0.25, 0.3) is 0 Å². The summed E-state index contributed by atoms with van der Waals surface area (Å²) in [6, 6.07) is 0.0659. The lowest BCUT2D eigenvalue weighted by Gasteiger charge is -2.31. The van der Waals surface area contributed by atoms with Gasteiger partial charge in [0.05, 0.1) is 6.54 Å². The first-order valence-corrected chi connectivity index (χ1v) is 7.76. The fraction of sp³-hybridized carbons (Fsp3) is 0.733. The molecule has 2 rings (SSSR count). The van der Waals surface area contributed by atoms with Crippen molar-refractivity contribution < 1.29 is 4.79 Å². The Hall–Kier alpha value is -1.40. The molecule has 1 saturated heterocycles.